The summed E-state index contributed by atoms with van der Waals surface area (Å²) in [5.41, 5.74) is 1.29. The zero-order valence-electron chi connectivity index (χ0n) is 19.6. The number of fused-ring (bicyclic) bond motifs is 4. The molecule has 182 valence electrons. The average molecular weight is 477 g/mol. The van der Waals surface area contributed by atoms with Gasteiger partial charge >= 0.3 is 5.97 Å². The number of aromatic nitrogens is 1. The van der Waals surface area contributed by atoms with E-state index >= 15 is 0 Å². The zero-order valence-corrected chi connectivity index (χ0v) is 19.6. The summed E-state index contributed by atoms with van der Waals surface area (Å²) in [7, 11) is 1.30. The molecule has 3 atom stereocenters. The Bertz CT molecular complexity index is 1350. The molecule has 2 aromatic heterocycles. The summed E-state index contributed by atoms with van der Waals surface area (Å²) in [6.07, 6.45) is 0.958. The molecule has 2 bridgehead atoms. The molecule has 8 nitrogen and oxygen atoms in total. The maximum Gasteiger partial charge on any atom is 0.306 e. The molecule has 0 spiro atoms. The van der Waals surface area contributed by atoms with Crippen LogP contribution in [-0.2, 0) is 22.6 Å². The van der Waals surface area contributed by atoms with Crippen molar-refractivity contribution >= 4 is 5.97 Å². The fourth-order valence-corrected chi connectivity index (χ4v) is 5.51. The molecule has 1 fully saturated rings. The van der Waals surface area contributed by atoms with Crippen LogP contribution in [0.25, 0.3) is 0 Å². The molecule has 8 heteroatoms. The van der Waals surface area contributed by atoms with Gasteiger partial charge in [-0.25, -0.2) is 0 Å². The van der Waals surface area contributed by atoms with Crippen LogP contribution in [0, 0.1) is 5.92 Å². The Kier molecular flexibility index (Phi) is 6.30. The van der Waals surface area contributed by atoms with Gasteiger partial charge < -0.3 is 18.8 Å². The van der Waals surface area contributed by atoms with Gasteiger partial charge in [-0.05, 0) is 24.0 Å². The second-order valence-corrected chi connectivity index (χ2v) is 9.43. The number of aromatic hydroxyl groups is 1. The van der Waals surface area contributed by atoms with E-state index in [1.807, 2.05) is 47.0 Å². The van der Waals surface area contributed by atoms with E-state index in [4.69, 9.17) is 9.15 Å². The highest BCUT2D eigenvalue weighted by Crippen LogP contribution is 2.37. The lowest BCUT2D eigenvalue weighted by molar-refractivity contribution is -0.140. The van der Waals surface area contributed by atoms with Crippen LogP contribution in [0.15, 0.2) is 68.6 Å². The number of carbonyl (C=O) groups excluding carboxylic acids is 1. The van der Waals surface area contributed by atoms with E-state index in [0.717, 1.165) is 30.8 Å². The molecule has 1 saturated heterocycles. The summed E-state index contributed by atoms with van der Waals surface area (Å²) < 4.78 is 12.8. The standard InChI is InChI=1S/C27H28N2O6/c1-34-25(32)12-21(18-6-3-2-4-7-18)27-26(33)23(30)11-20(35-27)16-28-13-17-10-19(15-28)22-8-5-9-24(31)29(22)14-17/h2-9,11,17,19,21,33H,10,12-16H2,1H3/t17-,19+,21?/m1/s1. The molecule has 0 amide bonds. The highest BCUT2D eigenvalue weighted by Gasteiger charge is 2.35. The van der Waals surface area contributed by atoms with Gasteiger partial charge in [-0.1, -0.05) is 36.4 Å². The van der Waals surface area contributed by atoms with Crippen LogP contribution in [0.4, 0.5) is 0 Å². The van der Waals surface area contributed by atoms with E-state index in [-0.39, 0.29) is 23.7 Å². The van der Waals surface area contributed by atoms with Crippen molar-refractivity contribution in [2.45, 2.75) is 37.8 Å². The Morgan fingerprint density at radius 1 is 1.11 bits per heavy atom. The molecule has 0 saturated carbocycles. The second kappa shape index (κ2) is 9.54. The van der Waals surface area contributed by atoms with E-state index < -0.39 is 23.1 Å². The first-order valence-corrected chi connectivity index (χ1v) is 11.8. The molecule has 4 heterocycles. The number of hydrogen-bond acceptors (Lipinski definition) is 7. The van der Waals surface area contributed by atoms with Crippen molar-refractivity contribution in [1.29, 1.82) is 0 Å². The fraction of sp³-hybridized carbons (Fsp3) is 0.370. The minimum Gasteiger partial charge on any atom is -0.502 e. The molecule has 0 radical (unpaired) electrons. The van der Waals surface area contributed by atoms with Crippen molar-refractivity contribution < 1.29 is 19.1 Å². The first-order valence-electron chi connectivity index (χ1n) is 11.8. The number of carbonyl (C=O) groups is 1. The molecule has 2 aliphatic heterocycles. The highest BCUT2D eigenvalue weighted by molar-refractivity contribution is 5.71. The van der Waals surface area contributed by atoms with Gasteiger partial charge in [-0.2, -0.15) is 0 Å². The van der Waals surface area contributed by atoms with Gasteiger partial charge in [0.05, 0.1) is 26.0 Å². The lowest BCUT2D eigenvalue weighted by Crippen LogP contribution is -2.46. The van der Waals surface area contributed by atoms with Gasteiger partial charge in [0.25, 0.3) is 5.56 Å². The van der Waals surface area contributed by atoms with Crippen LogP contribution in [-0.4, -0.2) is 40.7 Å². The topological polar surface area (TPSA) is 102 Å². The smallest absolute Gasteiger partial charge is 0.306 e. The Morgan fingerprint density at radius 2 is 1.91 bits per heavy atom. The van der Waals surface area contributed by atoms with Gasteiger partial charge in [0.2, 0.25) is 11.2 Å². The number of hydrogen-bond donors (Lipinski definition) is 1. The third-order valence-electron chi connectivity index (χ3n) is 7.05. The molecular formula is C27H28N2O6. The molecule has 3 aromatic rings. The van der Waals surface area contributed by atoms with Crippen LogP contribution in [0.3, 0.4) is 0 Å². The Balaban J connectivity index is 1.44. The van der Waals surface area contributed by atoms with Crippen LogP contribution in [0.5, 0.6) is 5.75 Å². The molecule has 0 aliphatic carbocycles. The van der Waals surface area contributed by atoms with Gasteiger partial charge in [-0.3, -0.25) is 19.3 Å². The van der Waals surface area contributed by atoms with E-state index in [2.05, 4.69) is 4.90 Å². The van der Waals surface area contributed by atoms with Crippen molar-refractivity contribution in [3.8, 4) is 5.75 Å². The molecule has 35 heavy (non-hydrogen) atoms. The number of likely N-dealkylation sites (tertiary alicyclic amines) is 1. The monoisotopic (exact) mass is 476 g/mol. The second-order valence-electron chi connectivity index (χ2n) is 9.43. The molecule has 2 aliphatic rings. The average Bonchev–Trinajstić information content (AvgIpc) is 2.86. The quantitative estimate of drug-likeness (QED) is 0.546. The number of esters is 1. The third kappa shape index (κ3) is 4.66. The van der Waals surface area contributed by atoms with Crippen molar-refractivity contribution in [1.82, 2.24) is 9.47 Å². The van der Waals surface area contributed by atoms with E-state index in [9.17, 15) is 19.5 Å². The molecular weight excluding hydrogens is 448 g/mol. The maximum absolute atomic E-state index is 12.7. The fourth-order valence-electron chi connectivity index (χ4n) is 5.51. The zero-order chi connectivity index (χ0) is 24.5. The number of methoxy groups -OCH3 is 1. The first-order chi connectivity index (χ1) is 16.9. The van der Waals surface area contributed by atoms with Gasteiger partial charge in [0.1, 0.15) is 5.76 Å². The van der Waals surface area contributed by atoms with Crippen LogP contribution >= 0.6 is 0 Å². The normalized spacial score (nSPS) is 20.1. The van der Waals surface area contributed by atoms with Crippen LogP contribution < -0.4 is 11.0 Å². The third-order valence-corrected chi connectivity index (χ3v) is 7.05. The number of ether oxygens (including phenoxy) is 1. The number of piperidine rings is 1. The Labute approximate surface area is 202 Å². The Morgan fingerprint density at radius 3 is 2.69 bits per heavy atom. The number of nitrogens with zero attached hydrogens (tertiary/aromatic N) is 2. The number of benzene rings is 1. The highest BCUT2D eigenvalue weighted by atomic mass is 16.5. The van der Waals surface area contributed by atoms with Gasteiger partial charge in [0.15, 0.2) is 5.76 Å². The number of pyridine rings is 1. The lowest BCUT2D eigenvalue weighted by atomic mass is 9.83. The van der Waals surface area contributed by atoms with E-state index in [1.54, 1.807) is 6.07 Å². The predicted octanol–water partition coefficient (Wildman–Crippen LogP) is 2.82. The van der Waals surface area contributed by atoms with Crippen LogP contribution in [0.1, 0.15) is 47.5 Å². The largest absolute Gasteiger partial charge is 0.502 e. The van der Waals surface area contributed by atoms with E-state index in [0.29, 0.717) is 24.8 Å². The predicted molar refractivity (Wildman–Crippen MR) is 128 cm³/mol. The van der Waals surface area contributed by atoms with Gasteiger partial charge in [0, 0.05) is 43.4 Å². The van der Waals surface area contributed by atoms with Crippen molar-refractivity contribution in [2.24, 2.45) is 5.92 Å². The van der Waals surface area contributed by atoms with Crippen LogP contribution in [0.2, 0.25) is 0 Å². The van der Waals surface area contributed by atoms with E-state index in [1.165, 1.54) is 13.2 Å². The molecule has 5 rings (SSSR count). The number of rotatable bonds is 6. The molecule has 1 aromatic carbocycles. The summed E-state index contributed by atoms with van der Waals surface area (Å²) in [6.45, 7) is 2.60. The maximum atomic E-state index is 12.7. The summed E-state index contributed by atoms with van der Waals surface area (Å²) in [5, 5.41) is 10.6. The van der Waals surface area contributed by atoms with Crippen molar-refractivity contribution in [3.05, 3.63) is 98.0 Å². The minimum absolute atomic E-state index is 0.0392. The SMILES string of the molecule is COC(=O)CC(c1ccccc1)c1oc(CN2C[C@H]3C[C@@H](C2)c2cccc(=O)n2C3)cc(=O)c1O. The Hall–Kier alpha value is -3.65. The summed E-state index contributed by atoms with van der Waals surface area (Å²) in [5.74, 6) is -0.551. The summed E-state index contributed by atoms with van der Waals surface area (Å²) in [6, 6.07) is 15.9. The first kappa shape index (κ1) is 23.1. The van der Waals surface area contributed by atoms with Gasteiger partial charge in [-0.15, -0.1) is 0 Å². The minimum atomic E-state index is -0.657. The summed E-state index contributed by atoms with van der Waals surface area (Å²) >= 11 is 0. The molecule has 1 N–H and O–H groups in total. The molecule has 1 unspecified atom stereocenters. The van der Waals surface area contributed by atoms with Crippen molar-refractivity contribution in [3.63, 3.8) is 0 Å². The van der Waals surface area contributed by atoms with Crippen molar-refractivity contribution in [2.75, 3.05) is 20.2 Å². The lowest BCUT2D eigenvalue weighted by Gasteiger charge is -2.42. The summed E-state index contributed by atoms with van der Waals surface area (Å²) in [4.78, 5) is 39.4.